The molecule has 2 aliphatic rings. The van der Waals surface area contributed by atoms with Crippen molar-refractivity contribution in [2.24, 2.45) is 0 Å². The first-order valence-corrected chi connectivity index (χ1v) is 9.17. The van der Waals surface area contributed by atoms with Gasteiger partial charge >= 0.3 is 0 Å². The Hall–Kier alpha value is -2.04. The topological polar surface area (TPSA) is 113 Å². The second kappa shape index (κ2) is 5.24. The highest BCUT2D eigenvalue weighted by molar-refractivity contribution is 7.10. The fourth-order valence-electron chi connectivity index (χ4n) is 3.80. The molecule has 0 aromatic carbocycles. The number of hydrogen-bond donors (Lipinski definition) is 4. The lowest BCUT2D eigenvalue weighted by Gasteiger charge is -2.35. The quantitative estimate of drug-likeness (QED) is 0.531. The standard InChI is InChI=1S/C17H18N4O4S/c1-16(23)15(25-7-17(16,24)6-22)21-5-10-9-2-3-26-11(9)4-18-13-12(10)14(21)20-8-19-13/h2-3,5,8,15,22-24H,4,6-7H2,1H3,(H,18,19,20)/t15?,16-,17+/m0/s1. The van der Waals surface area contributed by atoms with Crippen molar-refractivity contribution in [3.8, 4) is 11.1 Å². The maximum Gasteiger partial charge on any atom is 0.166 e. The largest absolute Gasteiger partial charge is 0.393 e. The number of anilines is 1. The Labute approximate surface area is 152 Å². The molecule has 4 N–H and O–H groups in total. The van der Waals surface area contributed by atoms with Gasteiger partial charge in [0.2, 0.25) is 0 Å². The lowest BCUT2D eigenvalue weighted by molar-refractivity contribution is -0.154. The minimum absolute atomic E-state index is 0.171. The molecule has 0 spiro atoms. The molecule has 2 aliphatic heterocycles. The molecule has 0 saturated carbocycles. The highest BCUT2D eigenvalue weighted by atomic mass is 32.1. The summed E-state index contributed by atoms with van der Waals surface area (Å²) in [5.74, 6) is 0.724. The Bertz CT molecular complexity index is 1010. The zero-order valence-corrected chi connectivity index (χ0v) is 14.8. The molecule has 136 valence electrons. The third-order valence-corrected chi connectivity index (χ3v) is 6.40. The summed E-state index contributed by atoms with van der Waals surface area (Å²) in [5.41, 5.74) is -0.785. The Morgan fingerprint density at radius 2 is 2.23 bits per heavy atom. The third kappa shape index (κ3) is 1.92. The highest BCUT2D eigenvalue weighted by Crippen LogP contribution is 2.46. The van der Waals surface area contributed by atoms with E-state index in [0.717, 1.165) is 22.3 Å². The molecule has 3 atom stereocenters. The Morgan fingerprint density at radius 1 is 1.38 bits per heavy atom. The van der Waals surface area contributed by atoms with Crippen LogP contribution in [0.25, 0.3) is 22.2 Å². The van der Waals surface area contributed by atoms with Gasteiger partial charge in [-0.2, -0.15) is 0 Å². The van der Waals surface area contributed by atoms with Crippen molar-refractivity contribution in [3.63, 3.8) is 0 Å². The molecule has 0 bridgehead atoms. The minimum atomic E-state index is -1.74. The van der Waals surface area contributed by atoms with Crippen molar-refractivity contribution in [2.45, 2.75) is 30.9 Å². The summed E-state index contributed by atoms with van der Waals surface area (Å²) in [6.07, 6.45) is 2.45. The van der Waals surface area contributed by atoms with Crippen LogP contribution < -0.4 is 5.32 Å². The number of rotatable bonds is 2. The van der Waals surface area contributed by atoms with Gasteiger partial charge in [-0.1, -0.05) is 0 Å². The van der Waals surface area contributed by atoms with Crippen LogP contribution in [0.15, 0.2) is 24.0 Å². The highest BCUT2D eigenvalue weighted by Gasteiger charge is 2.58. The molecular formula is C17H18N4O4S. The van der Waals surface area contributed by atoms with Crippen LogP contribution >= 0.6 is 11.3 Å². The van der Waals surface area contributed by atoms with Gasteiger partial charge in [-0.3, -0.25) is 0 Å². The number of ether oxygens (including phenoxy) is 1. The Kier molecular flexibility index (Phi) is 3.26. The second-order valence-electron chi connectivity index (χ2n) is 6.98. The molecule has 1 fully saturated rings. The van der Waals surface area contributed by atoms with Crippen molar-refractivity contribution in [1.82, 2.24) is 14.5 Å². The van der Waals surface area contributed by atoms with Crippen LogP contribution in [0.3, 0.4) is 0 Å². The Morgan fingerprint density at radius 3 is 3.00 bits per heavy atom. The average molecular weight is 374 g/mol. The summed E-state index contributed by atoms with van der Waals surface area (Å²) in [6.45, 7) is 1.39. The van der Waals surface area contributed by atoms with Gasteiger partial charge in [0, 0.05) is 16.6 Å². The molecular weight excluding hydrogens is 356 g/mol. The smallest absolute Gasteiger partial charge is 0.166 e. The number of nitrogens with zero attached hydrogens (tertiary/aromatic N) is 3. The van der Waals surface area contributed by atoms with Crippen LogP contribution in [0.4, 0.5) is 5.82 Å². The SMILES string of the molecule is C[C@]1(O)C(n2cc3c4c(ncnc42)NCc2sccc2-3)OC[C@]1(O)CO. The first-order chi connectivity index (χ1) is 12.5. The maximum absolute atomic E-state index is 11.0. The minimum Gasteiger partial charge on any atom is -0.393 e. The zero-order chi connectivity index (χ0) is 18.1. The summed E-state index contributed by atoms with van der Waals surface area (Å²) >= 11 is 1.66. The van der Waals surface area contributed by atoms with Crippen LogP contribution in [0.1, 0.15) is 18.0 Å². The van der Waals surface area contributed by atoms with Crippen LogP contribution in [0.2, 0.25) is 0 Å². The number of nitrogens with one attached hydrogen (secondary N) is 1. The van der Waals surface area contributed by atoms with Crippen LogP contribution in [0, 0.1) is 0 Å². The average Bonchev–Trinajstić information content (AvgIpc) is 3.26. The van der Waals surface area contributed by atoms with Crippen molar-refractivity contribution in [3.05, 3.63) is 28.8 Å². The van der Waals surface area contributed by atoms with E-state index >= 15 is 0 Å². The van der Waals surface area contributed by atoms with Gasteiger partial charge in [-0.25, -0.2) is 9.97 Å². The van der Waals surface area contributed by atoms with Crippen molar-refractivity contribution in [2.75, 3.05) is 18.5 Å². The van der Waals surface area contributed by atoms with E-state index in [0.29, 0.717) is 12.2 Å². The Balaban J connectivity index is 1.75. The number of aliphatic hydroxyl groups excluding tert-OH is 1. The summed E-state index contributed by atoms with van der Waals surface area (Å²) in [5, 5.41) is 37.3. The van der Waals surface area contributed by atoms with E-state index in [1.807, 2.05) is 11.6 Å². The van der Waals surface area contributed by atoms with Gasteiger partial charge in [0.15, 0.2) is 6.23 Å². The van der Waals surface area contributed by atoms with E-state index in [2.05, 4.69) is 21.4 Å². The van der Waals surface area contributed by atoms with E-state index in [9.17, 15) is 15.3 Å². The molecule has 0 aliphatic carbocycles. The summed E-state index contributed by atoms with van der Waals surface area (Å²) < 4.78 is 7.43. The van der Waals surface area contributed by atoms with Gasteiger partial charge in [-0.15, -0.1) is 11.3 Å². The molecule has 5 rings (SSSR count). The van der Waals surface area contributed by atoms with Gasteiger partial charge < -0.3 is 29.9 Å². The number of hydrogen-bond acceptors (Lipinski definition) is 8. The van der Waals surface area contributed by atoms with E-state index in [1.165, 1.54) is 18.1 Å². The van der Waals surface area contributed by atoms with Crippen LogP contribution in [-0.2, 0) is 11.3 Å². The molecule has 5 heterocycles. The monoisotopic (exact) mass is 374 g/mol. The molecule has 3 aromatic heterocycles. The predicted octanol–water partition coefficient (Wildman–Crippen LogP) is 1.09. The van der Waals surface area contributed by atoms with Crippen LogP contribution in [-0.4, -0.2) is 54.3 Å². The van der Waals surface area contributed by atoms with Crippen molar-refractivity contribution in [1.29, 1.82) is 0 Å². The second-order valence-corrected chi connectivity index (χ2v) is 7.98. The summed E-state index contributed by atoms with van der Waals surface area (Å²) in [6, 6.07) is 2.06. The molecule has 1 unspecified atom stereocenters. The summed E-state index contributed by atoms with van der Waals surface area (Å²) in [7, 11) is 0. The van der Waals surface area contributed by atoms with E-state index in [4.69, 9.17) is 4.74 Å². The van der Waals surface area contributed by atoms with Gasteiger partial charge in [0.25, 0.3) is 0 Å². The first-order valence-electron chi connectivity index (χ1n) is 8.29. The first kappa shape index (κ1) is 16.2. The molecule has 8 nitrogen and oxygen atoms in total. The number of aliphatic hydroxyl groups is 3. The maximum atomic E-state index is 11.0. The normalized spacial score (nSPS) is 30.2. The molecule has 1 saturated heterocycles. The fraction of sp³-hybridized carbons (Fsp3) is 0.412. The lowest BCUT2D eigenvalue weighted by Crippen LogP contribution is -2.55. The van der Waals surface area contributed by atoms with Crippen molar-refractivity contribution >= 4 is 28.2 Å². The molecule has 3 aromatic rings. The van der Waals surface area contributed by atoms with E-state index in [-0.39, 0.29) is 6.61 Å². The number of thiophene rings is 1. The molecule has 9 heteroatoms. The zero-order valence-electron chi connectivity index (χ0n) is 14.0. The van der Waals surface area contributed by atoms with Crippen molar-refractivity contribution < 1.29 is 20.1 Å². The summed E-state index contributed by atoms with van der Waals surface area (Å²) in [4.78, 5) is 9.95. The molecule has 0 radical (unpaired) electrons. The lowest BCUT2D eigenvalue weighted by atomic mass is 9.86. The van der Waals surface area contributed by atoms with Gasteiger partial charge in [-0.05, 0) is 23.9 Å². The predicted molar refractivity (Wildman–Crippen MR) is 95.8 cm³/mol. The third-order valence-electron chi connectivity index (χ3n) is 5.48. The molecule has 26 heavy (non-hydrogen) atoms. The fourth-order valence-corrected chi connectivity index (χ4v) is 4.62. The number of aromatic nitrogens is 3. The van der Waals surface area contributed by atoms with Gasteiger partial charge in [0.1, 0.15) is 29.0 Å². The van der Waals surface area contributed by atoms with Crippen LogP contribution in [0.5, 0.6) is 0 Å². The van der Waals surface area contributed by atoms with Gasteiger partial charge in [0.05, 0.1) is 25.1 Å². The molecule has 0 amide bonds. The van der Waals surface area contributed by atoms with E-state index < -0.39 is 24.0 Å². The van der Waals surface area contributed by atoms with E-state index in [1.54, 1.807) is 15.9 Å². The number of fused-ring (bicyclic) bond motifs is 2.